The van der Waals surface area contributed by atoms with Crippen LogP contribution in [-0.2, 0) is 16.6 Å². The molecule has 102 valence electrons. The van der Waals surface area contributed by atoms with Crippen LogP contribution in [0.1, 0.15) is 50.2 Å². The number of rotatable bonds is 1. The number of carbonyl (C=O) groups excluding carboxylic acids is 1. The molecule has 0 heterocycles. The number of hydrogen-bond donors (Lipinski definition) is 0. The highest BCUT2D eigenvalue weighted by Crippen LogP contribution is 2.44. The number of carbonyl (C=O) groups is 1. The number of fused-ring (bicyclic) bond motifs is 4. The van der Waals surface area contributed by atoms with E-state index < -0.39 is 0 Å². The summed E-state index contributed by atoms with van der Waals surface area (Å²) in [6.07, 6.45) is 6.61. The molecular formula is C17H22O2. The molecule has 0 radical (unpaired) electrons. The standard InChI is InChI=1S/C17H22O2/c1-17-9-5-3-4-6-13(16(17)18)10-12-7-8-14(19-2)11-15(12)17/h7-8,11,13H,3-6,9-10H2,1-2H3/t13-,17+/m0/s1. The third-order valence-corrected chi connectivity index (χ3v) is 5.02. The molecule has 0 saturated heterocycles. The molecule has 0 amide bonds. The monoisotopic (exact) mass is 258 g/mol. The quantitative estimate of drug-likeness (QED) is 0.768. The van der Waals surface area contributed by atoms with Crippen LogP contribution in [0, 0.1) is 5.92 Å². The van der Waals surface area contributed by atoms with Crippen molar-refractivity contribution in [2.24, 2.45) is 5.92 Å². The zero-order chi connectivity index (χ0) is 13.5. The molecule has 1 saturated carbocycles. The van der Waals surface area contributed by atoms with Gasteiger partial charge < -0.3 is 4.74 Å². The molecule has 19 heavy (non-hydrogen) atoms. The first-order valence-corrected chi connectivity index (χ1v) is 7.37. The smallest absolute Gasteiger partial charge is 0.146 e. The molecule has 0 N–H and O–H groups in total. The fourth-order valence-electron chi connectivity index (χ4n) is 3.85. The van der Waals surface area contributed by atoms with E-state index in [1.807, 2.05) is 6.07 Å². The number of ketones is 1. The minimum atomic E-state index is -0.285. The molecule has 0 spiro atoms. The molecule has 2 aliphatic rings. The molecule has 1 aromatic carbocycles. The average molecular weight is 258 g/mol. The minimum Gasteiger partial charge on any atom is -0.497 e. The van der Waals surface area contributed by atoms with E-state index in [9.17, 15) is 4.79 Å². The summed E-state index contributed by atoms with van der Waals surface area (Å²) >= 11 is 0. The van der Waals surface area contributed by atoms with Crippen LogP contribution in [0.5, 0.6) is 5.75 Å². The van der Waals surface area contributed by atoms with Crippen molar-refractivity contribution in [2.45, 2.75) is 50.9 Å². The Kier molecular flexibility index (Phi) is 3.12. The third kappa shape index (κ3) is 1.98. The minimum absolute atomic E-state index is 0.242. The first kappa shape index (κ1) is 12.7. The van der Waals surface area contributed by atoms with Gasteiger partial charge in [-0.2, -0.15) is 0 Å². The van der Waals surface area contributed by atoms with Gasteiger partial charge in [-0.25, -0.2) is 0 Å². The van der Waals surface area contributed by atoms with Gasteiger partial charge in [0.05, 0.1) is 12.5 Å². The second-order valence-corrected chi connectivity index (χ2v) is 6.22. The Bertz CT molecular complexity index is 506. The Morgan fingerprint density at radius 1 is 1.26 bits per heavy atom. The zero-order valence-corrected chi connectivity index (χ0v) is 11.9. The Labute approximate surface area is 115 Å². The van der Waals surface area contributed by atoms with E-state index in [1.165, 1.54) is 24.0 Å². The van der Waals surface area contributed by atoms with E-state index >= 15 is 0 Å². The third-order valence-electron chi connectivity index (χ3n) is 5.02. The first-order valence-electron chi connectivity index (χ1n) is 7.37. The molecule has 0 aromatic heterocycles. The Morgan fingerprint density at radius 2 is 2.11 bits per heavy atom. The molecule has 3 rings (SSSR count). The molecule has 2 bridgehead atoms. The highest BCUT2D eigenvalue weighted by Gasteiger charge is 2.44. The van der Waals surface area contributed by atoms with E-state index in [1.54, 1.807) is 7.11 Å². The molecule has 1 aromatic rings. The van der Waals surface area contributed by atoms with Gasteiger partial charge in [0, 0.05) is 5.92 Å². The summed E-state index contributed by atoms with van der Waals surface area (Å²) in [4.78, 5) is 12.8. The summed E-state index contributed by atoms with van der Waals surface area (Å²) in [5, 5.41) is 0. The highest BCUT2D eigenvalue weighted by atomic mass is 16.5. The second-order valence-electron chi connectivity index (χ2n) is 6.22. The fraction of sp³-hybridized carbons (Fsp3) is 0.588. The maximum atomic E-state index is 12.8. The fourth-order valence-corrected chi connectivity index (χ4v) is 3.85. The molecular weight excluding hydrogens is 236 g/mol. The van der Waals surface area contributed by atoms with Gasteiger partial charge >= 0.3 is 0 Å². The van der Waals surface area contributed by atoms with E-state index in [0.29, 0.717) is 5.78 Å². The van der Waals surface area contributed by atoms with Crippen LogP contribution >= 0.6 is 0 Å². The van der Waals surface area contributed by atoms with Crippen molar-refractivity contribution in [1.82, 2.24) is 0 Å². The van der Waals surface area contributed by atoms with Gasteiger partial charge in [0.15, 0.2) is 0 Å². The van der Waals surface area contributed by atoms with Crippen molar-refractivity contribution >= 4 is 5.78 Å². The van der Waals surface area contributed by atoms with Gasteiger partial charge in [-0.3, -0.25) is 4.79 Å². The summed E-state index contributed by atoms with van der Waals surface area (Å²) in [7, 11) is 1.69. The van der Waals surface area contributed by atoms with Crippen LogP contribution in [0.15, 0.2) is 18.2 Å². The van der Waals surface area contributed by atoms with Crippen molar-refractivity contribution < 1.29 is 9.53 Å². The van der Waals surface area contributed by atoms with Gasteiger partial charge in [-0.1, -0.05) is 25.3 Å². The van der Waals surface area contributed by atoms with E-state index in [-0.39, 0.29) is 11.3 Å². The van der Waals surface area contributed by atoms with Gasteiger partial charge in [-0.05, 0) is 49.4 Å². The molecule has 0 unspecified atom stereocenters. The van der Waals surface area contributed by atoms with Crippen LogP contribution in [-0.4, -0.2) is 12.9 Å². The molecule has 2 atom stereocenters. The summed E-state index contributed by atoms with van der Waals surface area (Å²) in [6, 6.07) is 6.27. The summed E-state index contributed by atoms with van der Waals surface area (Å²) in [5.74, 6) is 1.58. The van der Waals surface area contributed by atoms with Crippen LogP contribution in [0.25, 0.3) is 0 Å². The summed E-state index contributed by atoms with van der Waals surface area (Å²) in [5.41, 5.74) is 2.29. The first-order chi connectivity index (χ1) is 9.15. The maximum absolute atomic E-state index is 12.8. The zero-order valence-electron chi connectivity index (χ0n) is 11.9. The predicted molar refractivity (Wildman–Crippen MR) is 75.6 cm³/mol. The number of benzene rings is 1. The number of ether oxygens (including phenoxy) is 1. The van der Waals surface area contributed by atoms with E-state index in [4.69, 9.17) is 4.74 Å². The maximum Gasteiger partial charge on any atom is 0.146 e. The Hall–Kier alpha value is -1.31. The van der Waals surface area contributed by atoms with Crippen molar-refractivity contribution in [2.75, 3.05) is 7.11 Å². The summed E-state index contributed by atoms with van der Waals surface area (Å²) < 4.78 is 5.34. The van der Waals surface area contributed by atoms with Gasteiger partial charge in [-0.15, -0.1) is 0 Å². The lowest BCUT2D eigenvalue weighted by Crippen LogP contribution is -2.43. The van der Waals surface area contributed by atoms with E-state index in [2.05, 4.69) is 19.1 Å². The molecule has 2 nitrogen and oxygen atoms in total. The normalized spacial score (nSPS) is 30.2. The van der Waals surface area contributed by atoms with Crippen LogP contribution < -0.4 is 4.74 Å². The Morgan fingerprint density at radius 3 is 2.89 bits per heavy atom. The molecule has 2 aliphatic carbocycles. The largest absolute Gasteiger partial charge is 0.497 e. The van der Waals surface area contributed by atoms with E-state index in [0.717, 1.165) is 31.4 Å². The number of methoxy groups -OCH3 is 1. The van der Waals surface area contributed by atoms with Crippen LogP contribution in [0.3, 0.4) is 0 Å². The van der Waals surface area contributed by atoms with Crippen molar-refractivity contribution in [1.29, 1.82) is 0 Å². The van der Waals surface area contributed by atoms with Crippen molar-refractivity contribution in [3.8, 4) is 5.75 Å². The lowest BCUT2D eigenvalue weighted by molar-refractivity contribution is -0.129. The predicted octanol–water partition coefficient (Wildman–Crippen LogP) is 3.66. The topological polar surface area (TPSA) is 26.3 Å². The molecule has 2 heteroatoms. The summed E-state index contributed by atoms with van der Waals surface area (Å²) in [6.45, 7) is 2.14. The lowest BCUT2D eigenvalue weighted by Gasteiger charge is -2.40. The van der Waals surface area contributed by atoms with Crippen molar-refractivity contribution in [3.63, 3.8) is 0 Å². The second kappa shape index (κ2) is 4.66. The lowest BCUT2D eigenvalue weighted by atomic mass is 9.62. The van der Waals surface area contributed by atoms with Gasteiger partial charge in [0.1, 0.15) is 11.5 Å². The highest BCUT2D eigenvalue weighted by molar-refractivity contribution is 5.94. The number of hydrogen-bond acceptors (Lipinski definition) is 2. The van der Waals surface area contributed by atoms with Gasteiger partial charge in [0.2, 0.25) is 0 Å². The van der Waals surface area contributed by atoms with Crippen LogP contribution in [0.2, 0.25) is 0 Å². The van der Waals surface area contributed by atoms with Crippen molar-refractivity contribution in [3.05, 3.63) is 29.3 Å². The van der Waals surface area contributed by atoms with Crippen LogP contribution in [0.4, 0.5) is 0 Å². The Balaban J connectivity index is 2.12. The number of Topliss-reactive ketones (excluding diaryl/α,β-unsaturated/α-hetero) is 1. The van der Waals surface area contributed by atoms with Gasteiger partial charge in [0.25, 0.3) is 0 Å². The average Bonchev–Trinajstić information content (AvgIpc) is 2.43. The molecule has 1 fully saturated rings. The molecule has 0 aliphatic heterocycles. The SMILES string of the molecule is COc1ccc2c(c1)[C@@]1(C)CCCCC[C@@H](C2)C1=O.